The summed E-state index contributed by atoms with van der Waals surface area (Å²) in [5.74, 6) is 1.07. The SMILES string of the molecule is C=C(C)[C@@H]1CC[C@]2(C(=O)O)CC[C@]3(C)C(CCC4[C@@]5(C)CC[C@H](OC(=O)C6CC(C=O)C6(C)C)C(C)(C)C5CC[C@]43C)C12. The zero-order valence-electron chi connectivity index (χ0n) is 28.3. The third-order valence-electron chi connectivity index (χ3n) is 16.5. The van der Waals surface area contributed by atoms with Gasteiger partial charge in [-0.25, -0.2) is 0 Å². The smallest absolute Gasteiger partial charge is 0.309 e. The average molecular weight is 595 g/mol. The molecule has 43 heavy (non-hydrogen) atoms. The molecule has 0 radical (unpaired) electrons. The van der Waals surface area contributed by atoms with Crippen molar-refractivity contribution < 1.29 is 24.2 Å². The normalized spacial score (nSPS) is 51.0. The summed E-state index contributed by atoms with van der Waals surface area (Å²) in [5, 5.41) is 10.6. The van der Waals surface area contributed by atoms with E-state index in [1.807, 2.05) is 13.8 Å². The second kappa shape index (κ2) is 9.68. The summed E-state index contributed by atoms with van der Waals surface area (Å²) in [6.45, 7) is 23.0. The monoisotopic (exact) mass is 594 g/mol. The molecule has 5 nitrogen and oxygen atoms in total. The van der Waals surface area contributed by atoms with Crippen molar-refractivity contribution in [2.75, 3.05) is 0 Å². The molecule has 6 fully saturated rings. The molecule has 6 rings (SSSR count). The van der Waals surface area contributed by atoms with E-state index in [1.54, 1.807) is 0 Å². The van der Waals surface area contributed by atoms with Gasteiger partial charge in [0.1, 0.15) is 12.4 Å². The van der Waals surface area contributed by atoms with Gasteiger partial charge in [0.15, 0.2) is 0 Å². The molecular formula is C38H58O5. The number of hydrogen-bond donors (Lipinski definition) is 1. The summed E-state index contributed by atoms with van der Waals surface area (Å²) in [7, 11) is 0. The van der Waals surface area contributed by atoms with Crippen molar-refractivity contribution in [2.24, 2.45) is 73.9 Å². The van der Waals surface area contributed by atoms with Gasteiger partial charge >= 0.3 is 11.9 Å². The second-order valence-corrected chi connectivity index (χ2v) is 18.3. The van der Waals surface area contributed by atoms with Gasteiger partial charge in [0.25, 0.3) is 0 Å². The zero-order chi connectivity index (χ0) is 31.5. The molecule has 6 aliphatic rings. The Morgan fingerprint density at radius 1 is 0.814 bits per heavy atom. The molecule has 240 valence electrons. The third-order valence-corrected chi connectivity index (χ3v) is 16.5. The number of carbonyl (C=O) groups is 3. The number of hydrogen-bond acceptors (Lipinski definition) is 4. The minimum atomic E-state index is -0.581. The van der Waals surface area contributed by atoms with E-state index in [0.29, 0.717) is 30.1 Å². The number of ether oxygens (including phenoxy) is 1. The number of rotatable bonds is 5. The van der Waals surface area contributed by atoms with Crippen LogP contribution in [-0.4, -0.2) is 29.4 Å². The molecule has 6 unspecified atom stereocenters. The van der Waals surface area contributed by atoms with Gasteiger partial charge in [-0.3, -0.25) is 9.59 Å². The molecule has 5 heteroatoms. The van der Waals surface area contributed by atoms with E-state index < -0.39 is 11.4 Å². The van der Waals surface area contributed by atoms with E-state index in [4.69, 9.17) is 4.74 Å². The van der Waals surface area contributed by atoms with Crippen molar-refractivity contribution in [3.63, 3.8) is 0 Å². The molecule has 0 bridgehead atoms. The summed E-state index contributed by atoms with van der Waals surface area (Å²) in [6, 6.07) is 0. The Hall–Kier alpha value is -1.65. The number of fused-ring (bicyclic) bond motifs is 7. The number of aliphatic carboxylic acids is 1. The van der Waals surface area contributed by atoms with E-state index in [1.165, 1.54) is 12.0 Å². The first kappa shape index (κ1) is 31.3. The van der Waals surface area contributed by atoms with Gasteiger partial charge in [0, 0.05) is 11.3 Å². The highest BCUT2D eigenvalue weighted by molar-refractivity contribution is 5.78. The predicted octanol–water partition coefficient (Wildman–Crippen LogP) is 8.50. The van der Waals surface area contributed by atoms with Gasteiger partial charge in [-0.15, -0.1) is 0 Å². The Kier molecular flexibility index (Phi) is 7.05. The highest BCUT2D eigenvalue weighted by Crippen LogP contribution is 2.77. The Morgan fingerprint density at radius 3 is 2.12 bits per heavy atom. The number of esters is 1. The fraction of sp³-hybridized carbons (Fsp3) is 0.868. The van der Waals surface area contributed by atoms with Crippen molar-refractivity contribution in [3.8, 4) is 0 Å². The molecule has 0 spiro atoms. The molecule has 0 aliphatic heterocycles. The largest absolute Gasteiger partial charge is 0.481 e. The van der Waals surface area contributed by atoms with Crippen LogP contribution in [0, 0.1) is 73.9 Å². The topological polar surface area (TPSA) is 80.7 Å². The highest BCUT2D eigenvalue weighted by atomic mass is 16.5. The van der Waals surface area contributed by atoms with E-state index in [-0.39, 0.29) is 56.9 Å². The molecule has 6 aliphatic carbocycles. The van der Waals surface area contributed by atoms with Gasteiger partial charge in [-0.2, -0.15) is 0 Å². The van der Waals surface area contributed by atoms with Crippen LogP contribution in [0.25, 0.3) is 0 Å². The Labute approximate surface area is 260 Å². The molecule has 0 amide bonds. The van der Waals surface area contributed by atoms with Crippen LogP contribution in [0.1, 0.15) is 126 Å². The van der Waals surface area contributed by atoms with E-state index >= 15 is 0 Å². The molecule has 12 atom stereocenters. The number of carboxylic acid groups (broad SMARTS) is 1. The molecule has 0 heterocycles. The molecular weight excluding hydrogens is 536 g/mol. The number of carboxylic acids is 1. The van der Waals surface area contributed by atoms with Gasteiger partial charge in [0.2, 0.25) is 0 Å². The first-order chi connectivity index (χ1) is 19.9. The summed E-state index contributed by atoms with van der Waals surface area (Å²) in [5.41, 5.74) is 0.590. The summed E-state index contributed by atoms with van der Waals surface area (Å²) in [6.07, 6.45) is 11.7. The van der Waals surface area contributed by atoms with Crippen LogP contribution < -0.4 is 0 Å². The lowest BCUT2D eigenvalue weighted by molar-refractivity contribution is -0.252. The van der Waals surface area contributed by atoms with E-state index in [0.717, 1.165) is 64.1 Å². The Balaban J connectivity index is 1.26. The zero-order valence-corrected chi connectivity index (χ0v) is 28.3. The third kappa shape index (κ3) is 3.90. The lowest BCUT2D eigenvalue weighted by atomic mass is 9.32. The maximum Gasteiger partial charge on any atom is 0.309 e. The van der Waals surface area contributed by atoms with Crippen LogP contribution in [0.3, 0.4) is 0 Å². The molecule has 0 aromatic heterocycles. The van der Waals surface area contributed by atoms with Crippen LogP contribution in [0.5, 0.6) is 0 Å². The maximum atomic E-state index is 13.4. The average Bonchev–Trinajstić information content (AvgIpc) is 3.32. The highest BCUT2D eigenvalue weighted by Gasteiger charge is 2.72. The van der Waals surface area contributed by atoms with Crippen LogP contribution in [-0.2, 0) is 19.1 Å². The van der Waals surface area contributed by atoms with Crippen molar-refractivity contribution in [2.45, 2.75) is 132 Å². The van der Waals surface area contributed by atoms with Crippen LogP contribution in [0.15, 0.2) is 12.2 Å². The first-order valence-electron chi connectivity index (χ1n) is 17.5. The number of allylic oxidation sites excluding steroid dienone is 1. The summed E-state index contributed by atoms with van der Waals surface area (Å²) in [4.78, 5) is 37.8. The van der Waals surface area contributed by atoms with Crippen LogP contribution >= 0.6 is 0 Å². The lowest BCUT2D eigenvalue weighted by Crippen LogP contribution is -2.67. The molecule has 0 aromatic carbocycles. The second-order valence-electron chi connectivity index (χ2n) is 18.3. The predicted molar refractivity (Wildman–Crippen MR) is 168 cm³/mol. The van der Waals surface area contributed by atoms with Crippen LogP contribution in [0.2, 0.25) is 0 Å². The quantitative estimate of drug-likeness (QED) is 0.196. The summed E-state index contributed by atoms with van der Waals surface area (Å²) < 4.78 is 6.40. The fourth-order valence-electron chi connectivity index (χ4n) is 13.5. The van der Waals surface area contributed by atoms with Gasteiger partial charge < -0.3 is 14.6 Å². The molecule has 6 saturated carbocycles. The fourth-order valence-corrected chi connectivity index (χ4v) is 13.5. The van der Waals surface area contributed by atoms with Crippen molar-refractivity contribution in [3.05, 3.63) is 12.2 Å². The molecule has 0 saturated heterocycles. The number of aldehydes is 1. The molecule has 0 aromatic rings. The van der Waals surface area contributed by atoms with Gasteiger partial charge in [-0.1, -0.05) is 60.6 Å². The lowest BCUT2D eigenvalue weighted by Gasteiger charge is -2.72. The van der Waals surface area contributed by atoms with Crippen molar-refractivity contribution in [1.29, 1.82) is 0 Å². The van der Waals surface area contributed by atoms with Crippen molar-refractivity contribution in [1.82, 2.24) is 0 Å². The Bertz CT molecular complexity index is 1220. The van der Waals surface area contributed by atoms with Gasteiger partial charge in [0.05, 0.1) is 11.3 Å². The van der Waals surface area contributed by atoms with E-state index in [9.17, 15) is 19.5 Å². The van der Waals surface area contributed by atoms with Gasteiger partial charge in [-0.05, 0) is 129 Å². The van der Waals surface area contributed by atoms with Crippen molar-refractivity contribution >= 4 is 18.2 Å². The molecule has 1 N–H and O–H groups in total. The number of carbonyl (C=O) groups excluding carboxylic acids is 2. The standard InChI is InChI=1S/C38H58O5/c1-22(2)24-12-17-38(32(41)42)19-18-36(8)25(30(24)38)10-11-28-35(7)15-14-29(34(5,6)27(35)13-16-37(28,36)9)43-31(40)26-20-23(21-39)33(26,3)4/h21,23-30H,1,10-20H2,2-9H3,(H,41,42)/t23?,24-,25?,26?,27?,28?,29-,30?,35-,36+,37+,38-/m0/s1. The van der Waals surface area contributed by atoms with Crippen LogP contribution in [0.4, 0.5) is 0 Å². The minimum Gasteiger partial charge on any atom is -0.481 e. The first-order valence-corrected chi connectivity index (χ1v) is 17.5. The Morgan fingerprint density at radius 2 is 1.51 bits per heavy atom. The van der Waals surface area contributed by atoms with E-state index in [2.05, 4.69) is 48.1 Å². The summed E-state index contributed by atoms with van der Waals surface area (Å²) >= 11 is 0. The maximum absolute atomic E-state index is 13.4. The minimum absolute atomic E-state index is 0.0597.